The van der Waals surface area contributed by atoms with Gasteiger partial charge in [0.25, 0.3) is 0 Å². The molecule has 2 aromatic rings. The highest BCUT2D eigenvalue weighted by molar-refractivity contribution is 6.30. The van der Waals surface area contributed by atoms with E-state index in [1.165, 1.54) is 29.9 Å². The molecule has 1 aliphatic heterocycles. The van der Waals surface area contributed by atoms with Crippen molar-refractivity contribution in [2.24, 2.45) is 0 Å². The van der Waals surface area contributed by atoms with Gasteiger partial charge in [0, 0.05) is 30.1 Å². The lowest BCUT2D eigenvalue weighted by atomic mass is 10.1. The lowest BCUT2D eigenvalue weighted by molar-refractivity contribution is 0.425. The Balaban J connectivity index is 1.83. The van der Waals surface area contributed by atoms with Gasteiger partial charge in [-0.05, 0) is 37.5 Å². The lowest BCUT2D eigenvalue weighted by Gasteiger charge is -2.20. The monoisotopic (exact) mass is 260 g/mol. The van der Waals surface area contributed by atoms with E-state index in [0.29, 0.717) is 6.04 Å². The maximum atomic E-state index is 5.90. The Morgan fingerprint density at radius 1 is 1.33 bits per heavy atom. The van der Waals surface area contributed by atoms with Gasteiger partial charge in [-0.1, -0.05) is 23.7 Å². The normalized spacial score (nSPS) is 18.7. The number of hydrogen-bond acceptors (Lipinski definition) is 1. The van der Waals surface area contributed by atoms with Crippen LogP contribution in [0.15, 0.2) is 30.5 Å². The van der Waals surface area contributed by atoms with Crippen molar-refractivity contribution in [2.45, 2.75) is 38.6 Å². The van der Waals surface area contributed by atoms with Crippen LogP contribution in [-0.4, -0.2) is 9.55 Å². The van der Waals surface area contributed by atoms with E-state index in [-0.39, 0.29) is 0 Å². The molecule has 0 amide bonds. The third kappa shape index (κ3) is 2.30. The molecule has 0 fully saturated rings. The summed E-state index contributed by atoms with van der Waals surface area (Å²) >= 11 is 5.90. The Labute approximate surface area is 113 Å². The first-order chi connectivity index (χ1) is 8.72. The molecule has 0 N–H and O–H groups in total. The highest BCUT2D eigenvalue weighted by atomic mass is 35.5. The van der Waals surface area contributed by atoms with Gasteiger partial charge in [0.2, 0.25) is 0 Å². The van der Waals surface area contributed by atoms with Gasteiger partial charge in [0.1, 0.15) is 5.82 Å². The van der Waals surface area contributed by atoms with Gasteiger partial charge in [-0.3, -0.25) is 0 Å². The molecule has 3 rings (SSSR count). The zero-order valence-corrected chi connectivity index (χ0v) is 11.3. The number of fused-ring (bicyclic) bond motifs is 1. The van der Waals surface area contributed by atoms with Crippen LogP contribution in [0.5, 0.6) is 0 Å². The van der Waals surface area contributed by atoms with E-state index < -0.39 is 0 Å². The average Bonchev–Trinajstić information content (AvgIpc) is 2.76. The van der Waals surface area contributed by atoms with Gasteiger partial charge in [-0.2, -0.15) is 0 Å². The summed E-state index contributed by atoms with van der Waals surface area (Å²) in [7, 11) is 0. The standard InChI is InChI=1S/C15H17ClN2/c1-11-3-2-4-15-17-14(10-18(11)15)9-12-5-7-13(16)8-6-12/h5-8,10-11H,2-4,9H2,1H3. The maximum absolute atomic E-state index is 5.90. The van der Waals surface area contributed by atoms with Crippen molar-refractivity contribution in [3.8, 4) is 0 Å². The molecule has 2 nitrogen and oxygen atoms in total. The quantitative estimate of drug-likeness (QED) is 0.797. The van der Waals surface area contributed by atoms with Gasteiger partial charge in [0.05, 0.1) is 5.69 Å². The van der Waals surface area contributed by atoms with Crippen LogP contribution in [-0.2, 0) is 12.8 Å². The summed E-state index contributed by atoms with van der Waals surface area (Å²) in [5.41, 5.74) is 2.43. The molecule has 2 heterocycles. The predicted molar refractivity (Wildman–Crippen MR) is 74.1 cm³/mol. The number of benzene rings is 1. The highest BCUT2D eigenvalue weighted by Gasteiger charge is 2.17. The van der Waals surface area contributed by atoms with E-state index >= 15 is 0 Å². The molecule has 0 spiro atoms. The molecule has 3 heteroatoms. The fourth-order valence-electron chi connectivity index (χ4n) is 2.65. The van der Waals surface area contributed by atoms with Crippen LogP contribution in [0.1, 0.15) is 42.9 Å². The van der Waals surface area contributed by atoms with E-state index in [2.05, 4.69) is 29.8 Å². The molecule has 1 aromatic carbocycles. The van der Waals surface area contributed by atoms with Crippen LogP contribution >= 0.6 is 11.6 Å². The second-order valence-electron chi connectivity index (χ2n) is 5.10. The zero-order chi connectivity index (χ0) is 12.5. The van der Waals surface area contributed by atoms with Crippen LogP contribution in [0.25, 0.3) is 0 Å². The molecular weight excluding hydrogens is 244 g/mol. The minimum Gasteiger partial charge on any atom is -0.332 e. The van der Waals surface area contributed by atoms with E-state index in [4.69, 9.17) is 16.6 Å². The van der Waals surface area contributed by atoms with E-state index in [1.807, 2.05) is 12.1 Å². The Morgan fingerprint density at radius 2 is 2.11 bits per heavy atom. The Bertz CT molecular complexity index is 542. The van der Waals surface area contributed by atoms with Gasteiger partial charge in [-0.15, -0.1) is 0 Å². The van der Waals surface area contributed by atoms with Crippen LogP contribution < -0.4 is 0 Å². The van der Waals surface area contributed by atoms with Crippen molar-refractivity contribution in [2.75, 3.05) is 0 Å². The van der Waals surface area contributed by atoms with E-state index in [0.717, 1.165) is 17.9 Å². The number of halogens is 1. The first kappa shape index (κ1) is 11.8. The number of aromatic nitrogens is 2. The topological polar surface area (TPSA) is 17.8 Å². The molecule has 0 saturated carbocycles. The Hall–Kier alpha value is -1.28. The molecule has 1 aliphatic rings. The smallest absolute Gasteiger partial charge is 0.109 e. The number of nitrogens with zero attached hydrogens (tertiary/aromatic N) is 2. The van der Waals surface area contributed by atoms with E-state index in [1.54, 1.807) is 0 Å². The first-order valence-electron chi connectivity index (χ1n) is 6.53. The van der Waals surface area contributed by atoms with Gasteiger partial charge in [0.15, 0.2) is 0 Å². The molecule has 18 heavy (non-hydrogen) atoms. The van der Waals surface area contributed by atoms with Crippen molar-refractivity contribution < 1.29 is 0 Å². The lowest BCUT2D eigenvalue weighted by Crippen LogP contribution is -2.14. The fourth-order valence-corrected chi connectivity index (χ4v) is 2.77. The molecule has 0 aliphatic carbocycles. The maximum Gasteiger partial charge on any atom is 0.109 e. The second kappa shape index (κ2) is 4.77. The van der Waals surface area contributed by atoms with Crippen LogP contribution in [0.4, 0.5) is 0 Å². The van der Waals surface area contributed by atoms with Crippen LogP contribution in [0, 0.1) is 0 Å². The Kier molecular flexibility index (Phi) is 3.13. The Morgan fingerprint density at radius 3 is 2.83 bits per heavy atom. The molecule has 0 bridgehead atoms. The summed E-state index contributed by atoms with van der Waals surface area (Å²) < 4.78 is 2.34. The van der Waals surface area contributed by atoms with Crippen molar-refractivity contribution in [3.63, 3.8) is 0 Å². The van der Waals surface area contributed by atoms with Crippen molar-refractivity contribution >= 4 is 11.6 Å². The number of hydrogen-bond donors (Lipinski definition) is 0. The molecule has 1 atom stereocenters. The second-order valence-corrected chi connectivity index (χ2v) is 5.54. The van der Waals surface area contributed by atoms with E-state index in [9.17, 15) is 0 Å². The summed E-state index contributed by atoms with van der Waals surface area (Å²) in [6, 6.07) is 8.62. The van der Waals surface area contributed by atoms with Crippen molar-refractivity contribution in [3.05, 3.63) is 52.6 Å². The summed E-state index contributed by atoms with van der Waals surface area (Å²) in [6.07, 6.45) is 6.75. The molecule has 1 aromatic heterocycles. The third-order valence-electron chi connectivity index (χ3n) is 3.65. The van der Waals surface area contributed by atoms with Gasteiger partial charge < -0.3 is 4.57 Å². The number of rotatable bonds is 2. The first-order valence-corrected chi connectivity index (χ1v) is 6.91. The molecule has 94 valence electrons. The SMILES string of the molecule is CC1CCCc2nc(Cc3ccc(Cl)cc3)cn21. The molecule has 1 unspecified atom stereocenters. The summed E-state index contributed by atoms with van der Waals surface area (Å²) in [4.78, 5) is 4.75. The number of imidazole rings is 1. The zero-order valence-electron chi connectivity index (χ0n) is 10.6. The average molecular weight is 261 g/mol. The van der Waals surface area contributed by atoms with Crippen LogP contribution in [0.2, 0.25) is 5.02 Å². The number of aryl methyl sites for hydroxylation is 1. The highest BCUT2D eigenvalue weighted by Crippen LogP contribution is 2.25. The largest absolute Gasteiger partial charge is 0.332 e. The van der Waals surface area contributed by atoms with Gasteiger partial charge >= 0.3 is 0 Å². The summed E-state index contributed by atoms with van der Waals surface area (Å²) in [5, 5.41) is 0.788. The minimum absolute atomic E-state index is 0.597. The summed E-state index contributed by atoms with van der Waals surface area (Å²) in [6.45, 7) is 2.27. The van der Waals surface area contributed by atoms with Gasteiger partial charge in [-0.25, -0.2) is 4.98 Å². The third-order valence-corrected chi connectivity index (χ3v) is 3.91. The molecule has 0 radical (unpaired) electrons. The molecular formula is C15H17ClN2. The molecule has 0 saturated heterocycles. The van der Waals surface area contributed by atoms with Crippen molar-refractivity contribution in [1.82, 2.24) is 9.55 Å². The minimum atomic E-state index is 0.597. The summed E-state index contributed by atoms with van der Waals surface area (Å²) in [5.74, 6) is 1.25. The fraction of sp³-hybridized carbons (Fsp3) is 0.400. The predicted octanol–water partition coefficient (Wildman–Crippen LogP) is 4.02. The van der Waals surface area contributed by atoms with Crippen LogP contribution in [0.3, 0.4) is 0 Å². The van der Waals surface area contributed by atoms with Crippen molar-refractivity contribution in [1.29, 1.82) is 0 Å².